The van der Waals surface area contributed by atoms with Crippen LogP contribution in [0.2, 0.25) is 0 Å². The zero-order chi connectivity index (χ0) is 38.3. The minimum atomic E-state index is 0.952. The number of fused-ring (bicyclic) bond motifs is 5. The minimum Gasteiger partial charge on any atom is -0.341 e. The summed E-state index contributed by atoms with van der Waals surface area (Å²) in [6.07, 6.45) is 0. The van der Waals surface area contributed by atoms with E-state index in [1.807, 2.05) is 0 Å². The summed E-state index contributed by atoms with van der Waals surface area (Å²) in [6, 6.07) is 45.3. The molecule has 0 atom stereocenters. The molecular weight excluding hydrogens is 663 g/mol. The lowest BCUT2D eigenvalue weighted by Crippen LogP contribution is -2.03. The Labute approximate surface area is 325 Å². The topological polar surface area (TPSA) is 4.93 Å². The summed E-state index contributed by atoms with van der Waals surface area (Å²) in [4.78, 5) is 0. The molecule has 0 aliphatic rings. The highest BCUT2D eigenvalue weighted by molar-refractivity contribution is 6.25. The highest BCUT2D eigenvalue weighted by atomic mass is 15.0. The van der Waals surface area contributed by atoms with Crippen LogP contribution in [-0.4, -0.2) is 4.57 Å². The zero-order valence-electron chi connectivity index (χ0n) is 33.7. The fourth-order valence-corrected chi connectivity index (χ4v) is 9.57. The van der Waals surface area contributed by atoms with E-state index >= 15 is 0 Å². The molecule has 9 rings (SSSR count). The summed E-state index contributed by atoms with van der Waals surface area (Å²) in [5, 5.41) is 8.15. The van der Waals surface area contributed by atoms with Crippen LogP contribution in [0.4, 0.5) is 0 Å². The Morgan fingerprint density at radius 2 is 0.691 bits per heavy atom. The van der Waals surface area contributed by atoms with Gasteiger partial charge < -0.3 is 4.57 Å². The van der Waals surface area contributed by atoms with Gasteiger partial charge in [-0.2, -0.15) is 0 Å². The van der Waals surface area contributed by atoms with Gasteiger partial charge in [-0.3, -0.25) is 0 Å². The molecule has 55 heavy (non-hydrogen) atoms. The molecule has 0 bridgehead atoms. The number of rotatable bonds is 5. The predicted molar refractivity (Wildman–Crippen MR) is 240 cm³/mol. The predicted octanol–water partition coefficient (Wildman–Crippen LogP) is 15.3. The second-order valence-electron chi connectivity index (χ2n) is 15.8. The minimum absolute atomic E-state index is 0.952. The quantitative estimate of drug-likeness (QED) is 0.157. The van der Waals surface area contributed by atoms with E-state index < -0.39 is 0 Å². The molecule has 270 valence electrons. The van der Waals surface area contributed by atoms with Gasteiger partial charge in [-0.05, 0) is 191 Å². The second-order valence-corrected chi connectivity index (χ2v) is 15.8. The van der Waals surface area contributed by atoms with E-state index in [4.69, 9.17) is 0 Å². The second kappa shape index (κ2) is 13.1. The van der Waals surface area contributed by atoms with Crippen LogP contribution in [0.3, 0.4) is 0 Å². The third kappa shape index (κ3) is 5.20. The Balaban J connectivity index is 1.32. The molecule has 0 saturated carbocycles. The molecule has 0 amide bonds. The molecule has 0 aliphatic carbocycles. The average Bonchev–Trinajstić information content (AvgIpc) is 3.55. The van der Waals surface area contributed by atoms with E-state index in [2.05, 4.69) is 188 Å². The molecule has 1 heteroatoms. The third-order valence-corrected chi connectivity index (χ3v) is 13.3. The van der Waals surface area contributed by atoms with Crippen molar-refractivity contribution in [2.24, 2.45) is 0 Å². The molecule has 1 aromatic heterocycles. The maximum absolute atomic E-state index is 2.43. The van der Waals surface area contributed by atoms with Crippen LogP contribution in [0.5, 0.6) is 0 Å². The van der Waals surface area contributed by atoms with Gasteiger partial charge in [0.2, 0.25) is 0 Å². The molecular formula is C54H49N. The van der Waals surface area contributed by atoms with Gasteiger partial charge in [-0.25, -0.2) is 0 Å². The monoisotopic (exact) mass is 711 g/mol. The van der Waals surface area contributed by atoms with Crippen molar-refractivity contribution in [2.75, 3.05) is 0 Å². The molecule has 0 radical (unpaired) electrons. The lowest BCUT2D eigenvalue weighted by atomic mass is 9.76. The van der Waals surface area contributed by atoms with Crippen molar-refractivity contribution in [1.29, 1.82) is 0 Å². The molecule has 0 saturated heterocycles. The van der Waals surface area contributed by atoms with E-state index in [-0.39, 0.29) is 0 Å². The number of hydrogen-bond acceptors (Lipinski definition) is 0. The first-order chi connectivity index (χ1) is 26.6. The number of aromatic nitrogens is 1. The van der Waals surface area contributed by atoms with Crippen LogP contribution < -0.4 is 0 Å². The zero-order valence-corrected chi connectivity index (χ0v) is 33.7. The van der Waals surface area contributed by atoms with Crippen LogP contribution >= 0.6 is 0 Å². The molecule has 9 aromatic rings. The van der Waals surface area contributed by atoms with Gasteiger partial charge in [-0.15, -0.1) is 0 Å². The van der Waals surface area contributed by atoms with Gasteiger partial charge >= 0.3 is 0 Å². The first-order valence-electron chi connectivity index (χ1n) is 19.8. The van der Waals surface area contributed by atoms with Gasteiger partial charge in [0, 0.05) is 28.4 Å². The summed E-state index contributed by atoms with van der Waals surface area (Å²) in [7, 11) is 0. The Morgan fingerprint density at radius 3 is 1.16 bits per heavy atom. The number of hydrogen-bond donors (Lipinski definition) is 0. The first kappa shape index (κ1) is 34.8. The summed E-state index contributed by atoms with van der Waals surface area (Å²) < 4.78 is 2.43. The van der Waals surface area contributed by atoms with Gasteiger partial charge in [0.1, 0.15) is 0 Å². The molecule has 1 nitrogen and oxygen atoms in total. The lowest BCUT2D eigenvalue weighted by Gasteiger charge is -2.27. The van der Waals surface area contributed by atoms with E-state index in [1.165, 1.54) is 132 Å². The molecule has 0 spiro atoms. The maximum atomic E-state index is 2.43. The maximum Gasteiger partial charge on any atom is 0.0491 e. The average molecular weight is 712 g/mol. The number of nitrogens with zero attached hydrogens (tertiary/aromatic N) is 1. The normalized spacial score (nSPS) is 11.8. The summed E-state index contributed by atoms with van der Waals surface area (Å²) in [5.74, 6) is 0. The number of benzene rings is 8. The van der Waals surface area contributed by atoms with Crippen LogP contribution in [-0.2, 0) is 6.54 Å². The van der Waals surface area contributed by atoms with Gasteiger partial charge in [0.05, 0.1) is 0 Å². The van der Waals surface area contributed by atoms with Crippen molar-refractivity contribution in [2.45, 2.75) is 68.9 Å². The molecule has 0 aliphatic heterocycles. The Bertz CT molecular complexity index is 2910. The van der Waals surface area contributed by atoms with Crippen molar-refractivity contribution in [3.63, 3.8) is 0 Å². The largest absolute Gasteiger partial charge is 0.341 e. The molecule has 0 fully saturated rings. The Kier molecular flexibility index (Phi) is 8.32. The Hall–Kier alpha value is -5.92. The van der Waals surface area contributed by atoms with Crippen molar-refractivity contribution >= 4 is 43.4 Å². The smallest absolute Gasteiger partial charge is 0.0491 e. The lowest BCUT2D eigenvalue weighted by molar-refractivity contribution is 0.827. The summed E-state index contributed by atoms with van der Waals surface area (Å²) in [5.41, 5.74) is 23.8. The first-order valence-corrected chi connectivity index (χ1v) is 19.8. The standard InChI is InChI=1S/C54H49N/c1-10-55-47-19-15-14-18-45(47)46-30-44(28-29-48(46)55)41-22-26-43(27-23-41)54-51-37(8)33(4)31(2)35(6)49(51)53(50-36(7)32(3)34(5)38(9)52(50)54)42-24-20-40(21-25-42)39-16-12-11-13-17-39/h11-30H,10H2,1-9H3. The molecule has 0 N–H and O–H groups in total. The van der Waals surface area contributed by atoms with Gasteiger partial charge in [-0.1, -0.05) is 103 Å². The van der Waals surface area contributed by atoms with E-state index in [9.17, 15) is 0 Å². The third-order valence-electron chi connectivity index (χ3n) is 13.3. The fourth-order valence-electron chi connectivity index (χ4n) is 9.57. The fraction of sp³-hybridized carbons (Fsp3) is 0.185. The van der Waals surface area contributed by atoms with Gasteiger partial charge in [0.15, 0.2) is 0 Å². The van der Waals surface area contributed by atoms with Crippen LogP contribution in [0, 0.1) is 55.4 Å². The van der Waals surface area contributed by atoms with Crippen molar-refractivity contribution in [1.82, 2.24) is 4.57 Å². The van der Waals surface area contributed by atoms with E-state index in [0.717, 1.165) is 6.54 Å². The molecule has 1 heterocycles. The van der Waals surface area contributed by atoms with E-state index in [1.54, 1.807) is 0 Å². The highest BCUT2D eigenvalue weighted by Crippen LogP contribution is 2.51. The SMILES string of the molecule is CCn1c2ccccc2c2cc(-c3ccc(-c4c5c(C)c(C)c(C)c(C)c5c(-c5ccc(-c6ccccc6)cc5)c5c(C)c(C)c(C)c(C)c45)cc3)ccc21. The van der Waals surface area contributed by atoms with Crippen LogP contribution in [0.1, 0.15) is 51.4 Å². The Morgan fingerprint density at radius 1 is 0.327 bits per heavy atom. The van der Waals surface area contributed by atoms with Crippen molar-refractivity contribution in [3.05, 3.63) is 166 Å². The van der Waals surface area contributed by atoms with Crippen LogP contribution in [0.25, 0.3) is 87.9 Å². The van der Waals surface area contributed by atoms with E-state index in [0.29, 0.717) is 0 Å². The van der Waals surface area contributed by atoms with Crippen molar-refractivity contribution in [3.8, 4) is 44.5 Å². The number of para-hydroxylation sites is 1. The van der Waals surface area contributed by atoms with Gasteiger partial charge in [0.25, 0.3) is 0 Å². The molecule has 8 aromatic carbocycles. The van der Waals surface area contributed by atoms with Crippen LogP contribution in [0.15, 0.2) is 121 Å². The summed E-state index contributed by atoms with van der Waals surface area (Å²) in [6.45, 7) is 21.8. The van der Waals surface area contributed by atoms with Crippen molar-refractivity contribution < 1.29 is 0 Å². The molecule has 0 unspecified atom stereocenters. The highest BCUT2D eigenvalue weighted by Gasteiger charge is 2.26. The summed E-state index contributed by atoms with van der Waals surface area (Å²) >= 11 is 0. The number of aryl methyl sites for hydroxylation is 5.